The zero-order chi connectivity index (χ0) is 19.2. The first kappa shape index (κ1) is 18.7. The van der Waals surface area contributed by atoms with Crippen LogP contribution in [0.1, 0.15) is 61.5 Å². The van der Waals surface area contributed by atoms with Crippen LogP contribution in [0.25, 0.3) is 10.8 Å². The molecule has 0 spiro atoms. The molecule has 1 aliphatic carbocycles. The van der Waals surface area contributed by atoms with E-state index in [0.717, 1.165) is 23.6 Å². The summed E-state index contributed by atoms with van der Waals surface area (Å²) in [5.74, 6) is 2.51. The lowest BCUT2D eigenvalue weighted by Crippen LogP contribution is -2.26. The first-order chi connectivity index (χ1) is 12.8. The Labute approximate surface area is 167 Å². The van der Waals surface area contributed by atoms with Gasteiger partial charge in [0.25, 0.3) is 11.1 Å². The molecule has 0 saturated heterocycles. The van der Waals surface area contributed by atoms with E-state index in [1.54, 1.807) is 18.3 Å². The third-order valence-electron chi connectivity index (χ3n) is 5.09. The summed E-state index contributed by atoms with van der Waals surface area (Å²) < 4.78 is 11.1. The average Bonchev–Trinajstić information content (AvgIpc) is 3.31. The van der Waals surface area contributed by atoms with Gasteiger partial charge in [0.2, 0.25) is 5.89 Å². The molecule has 4 rings (SSSR count). The van der Waals surface area contributed by atoms with Crippen molar-refractivity contribution >= 4 is 23.1 Å². The zero-order valence-corrected chi connectivity index (χ0v) is 17.9. The van der Waals surface area contributed by atoms with E-state index in [0.29, 0.717) is 28.2 Å². The molecule has 1 aliphatic rings. The summed E-state index contributed by atoms with van der Waals surface area (Å²) in [5.41, 5.74) is 1.79. The van der Waals surface area contributed by atoms with Crippen LogP contribution in [-0.2, 0) is 12.8 Å². The van der Waals surface area contributed by atoms with Gasteiger partial charge in [-0.3, -0.25) is 0 Å². The first-order valence-corrected chi connectivity index (χ1v) is 10.9. The Hall–Kier alpha value is -1.67. The highest BCUT2D eigenvalue weighted by molar-refractivity contribution is 7.99. The molecule has 0 unspecified atom stereocenters. The van der Waals surface area contributed by atoms with Crippen molar-refractivity contribution in [2.45, 2.75) is 64.4 Å². The second-order valence-corrected chi connectivity index (χ2v) is 10.6. The number of thioether (sulfide) groups is 1. The molecule has 0 N–H and O–H groups in total. The second-order valence-electron chi connectivity index (χ2n) is 8.18. The van der Waals surface area contributed by atoms with Crippen molar-refractivity contribution in [2.75, 3.05) is 0 Å². The van der Waals surface area contributed by atoms with Gasteiger partial charge in [-0.15, -0.1) is 21.5 Å². The van der Waals surface area contributed by atoms with Gasteiger partial charge in [0.15, 0.2) is 5.82 Å². The summed E-state index contributed by atoms with van der Waals surface area (Å²) in [6.07, 6.45) is 3.53. The fraction of sp³-hybridized carbons (Fsp3) is 0.579. The largest absolute Gasteiger partial charge is 0.410 e. The van der Waals surface area contributed by atoms with Gasteiger partial charge in [0, 0.05) is 4.88 Å². The highest BCUT2D eigenvalue weighted by Gasteiger charge is 2.30. The Balaban J connectivity index is 1.49. The maximum atomic E-state index is 5.90. The number of rotatable bonds is 4. The molecule has 3 aromatic heterocycles. The maximum Gasteiger partial charge on any atom is 0.277 e. The van der Waals surface area contributed by atoms with Crippen molar-refractivity contribution in [3.8, 4) is 10.8 Å². The number of aromatic nitrogens is 4. The first-order valence-electron chi connectivity index (χ1n) is 9.22. The zero-order valence-electron chi connectivity index (χ0n) is 16.3. The highest BCUT2D eigenvalue weighted by Crippen LogP contribution is 2.43. The van der Waals surface area contributed by atoms with Gasteiger partial charge < -0.3 is 8.94 Å². The smallest absolute Gasteiger partial charge is 0.277 e. The van der Waals surface area contributed by atoms with Crippen LogP contribution in [0.5, 0.6) is 0 Å². The lowest BCUT2D eigenvalue weighted by molar-refractivity contribution is 0.217. The Morgan fingerprint density at radius 3 is 2.81 bits per heavy atom. The molecule has 8 heteroatoms. The second kappa shape index (κ2) is 7.05. The van der Waals surface area contributed by atoms with Crippen LogP contribution in [0.15, 0.2) is 20.2 Å². The molecule has 27 heavy (non-hydrogen) atoms. The predicted octanol–water partition coefficient (Wildman–Crippen LogP) is 5.49. The summed E-state index contributed by atoms with van der Waals surface area (Å²) in [4.78, 5) is 6.79. The van der Waals surface area contributed by atoms with Crippen LogP contribution in [-0.4, -0.2) is 20.3 Å². The predicted molar refractivity (Wildman–Crippen MR) is 106 cm³/mol. The van der Waals surface area contributed by atoms with Crippen LogP contribution in [0.4, 0.5) is 0 Å². The van der Waals surface area contributed by atoms with Crippen LogP contribution in [0.2, 0.25) is 0 Å². The fourth-order valence-electron chi connectivity index (χ4n) is 3.41. The van der Waals surface area contributed by atoms with E-state index in [9.17, 15) is 0 Å². The van der Waals surface area contributed by atoms with Crippen LogP contribution >= 0.6 is 23.1 Å². The van der Waals surface area contributed by atoms with Gasteiger partial charge in [0.05, 0.1) is 10.1 Å². The molecule has 3 heterocycles. The van der Waals surface area contributed by atoms with E-state index >= 15 is 0 Å². The Kier molecular flexibility index (Phi) is 4.88. The van der Waals surface area contributed by atoms with Crippen molar-refractivity contribution in [2.24, 2.45) is 11.3 Å². The summed E-state index contributed by atoms with van der Waals surface area (Å²) in [6, 6.07) is 2.24. The topological polar surface area (TPSA) is 77.8 Å². The van der Waals surface area contributed by atoms with E-state index in [2.05, 4.69) is 47.2 Å². The monoisotopic (exact) mass is 404 g/mol. The van der Waals surface area contributed by atoms with Gasteiger partial charge in [-0.2, -0.15) is 4.98 Å². The molecule has 0 amide bonds. The Bertz CT molecular complexity index is 938. The molecule has 0 aromatic carbocycles. The third-order valence-corrected chi connectivity index (χ3v) is 7.24. The summed E-state index contributed by atoms with van der Waals surface area (Å²) in [6.45, 7) is 10.8. The lowest BCUT2D eigenvalue weighted by atomic mass is 9.72. The van der Waals surface area contributed by atoms with Gasteiger partial charge in [0.1, 0.15) is 0 Å². The van der Waals surface area contributed by atoms with Crippen molar-refractivity contribution < 1.29 is 8.94 Å². The summed E-state index contributed by atoms with van der Waals surface area (Å²) >= 11 is 3.22. The van der Waals surface area contributed by atoms with Crippen LogP contribution < -0.4 is 0 Å². The Morgan fingerprint density at radius 1 is 1.30 bits per heavy atom. The molecule has 144 valence electrons. The molecule has 0 saturated carbocycles. The van der Waals surface area contributed by atoms with E-state index in [4.69, 9.17) is 8.94 Å². The van der Waals surface area contributed by atoms with Crippen LogP contribution in [0, 0.1) is 18.3 Å². The molecular formula is C19H24N4O2S2. The van der Waals surface area contributed by atoms with Crippen molar-refractivity contribution in [1.82, 2.24) is 20.3 Å². The quantitative estimate of drug-likeness (QED) is 0.532. The minimum atomic E-state index is -0.0383. The van der Waals surface area contributed by atoms with Crippen molar-refractivity contribution in [1.29, 1.82) is 0 Å². The minimum absolute atomic E-state index is 0.0383. The van der Waals surface area contributed by atoms with Gasteiger partial charge in [-0.1, -0.05) is 37.7 Å². The average molecular weight is 405 g/mol. The molecule has 3 aromatic rings. The lowest BCUT2D eigenvalue weighted by Gasteiger charge is -2.33. The standard InChI is InChI=1S/C19H24N4O2S2/c1-10(16-20-11(2)23-25-16)26-18-22-21-17(24-18)15-9-12-8-13(19(3,4)5)6-7-14(12)27-15/h9-10,13H,6-8H2,1-5H3/t10-,13+/m0/s1. The maximum absolute atomic E-state index is 5.90. The van der Waals surface area contributed by atoms with Crippen molar-refractivity contribution in [3.63, 3.8) is 0 Å². The molecule has 0 fully saturated rings. The molecule has 0 bridgehead atoms. The molecule has 2 atom stereocenters. The number of nitrogens with zero attached hydrogens (tertiary/aromatic N) is 4. The number of hydrogen-bond donors (Lipinski definition) is 0. The number of fused-ring (bicyclic) bond motifs is 1. The number of hydrogen-bond acceptors (Lipinski definition) is 8. The van der Waals surface area contributed by atoms with E-state index < -0.39 is 0 Å². The van der Waals surface area contributed by atoms with E-state index in [1.807, 2.05) is 6.92 Å². The third kappa shape index (κ3) is 3.96. The van der Waals surface area contributed by atoms with Gasteiger partial charge in [-0.05, 0) is 56.1 Å². The molecule has 0 radical (unpaired) electrons. The van der Waals surface area contributed by atoms with Gasteiger partial charge in [-0.25, -0.2) is 0 Å². The highest BCUT2D eigenvalue weighted by atomic mass is 32.2. The molecule has 6 nitrogen and oxygen atoms in total. The van der Waals surface area contributed by atoms with Crippen LogP contribution in [0.3, 0.4) is 0 Å². The van der Waals surface area contributed by atoms with E-state index in [1.165, 1.54) is 28.6 Å². The SMILES string of the molecule is Cc1noc([C@H](C)Sc2nnc(-c3cc4c(s3)CC[C@@H](C(C)(C)C)C4)o2)n1. The van der Waals surface area contributed by atoms with Gasteiger partial charge >= 0.3 is 0 Å². The fourth-order valence-corrected chi connectivity index (χ4v) is 5.25. The molecular weight excluding hydrogens is 380 g/mol. The Morgan fingerprint density at radius 2 is 2.11 bits per heavy atom. The number of thiophene rings is 1. The minimum Gasteiger partial charge on any atom is -0.410 e. The summed E-state index contributed by atoms with van der Waals surface area (Å²) in [5, 5.41) is 12.8. The number of aryl methyl sites for hydroxylation is 2. The molecule has 0 aliphatic heterocycles. The summed E-state index contributed by atoms with van der Waals surface area (Å²) in [7, 11) is 0. The normalized spacial score (nSPS) is 18.5. The van der Waals surface area contributed by atoms with E-state index in [-0.39, 0.29) is 5.25 Å². The van der Waals surface area contributed by atoms with Crippen molar-refractivity contribution in [3.05, 3.63) is 28.2 Å².